The van der Waals surface area contributed by atoms with Crippen LogP contribution in [-0.2, 0) is 6.42 Å². The zero-order valence-corrected chi connectivity index (χ0v) is 22.6. The number of aromatic nitrogens is 2. The van der Waals surface area contributed by atoms with Crippen LogP contribution in [0.1, 0.15) is 51.2 Å². The van der Waals surface area contributed by atoms with E-state index < -0.39 is 0 Å². The van der Waals surface area contributed by atoms with Gasteiger partial charge < -0.3 is 9.80 Å². The Morgan fingerprint density at radius 3 is 2.47 bits per heavy atom. The van der Waals surface area contributed by atoms with E-state index in [0.717, 1.165) is 69.1 Å². The lowest BCUT2D eigenvalue weighted by Crippen LogP contribution is -2.45. The molecule has 2 aliphatic rings. The van der Waals surface area contributed by atoms with E-state index in [1.807, 2.05) is 6.08 Å². The van der Waals surface area contributed by atoms with Crippen molar-refractivity contribution >= 4 is 17.0 Å². The van der Waals surface area contributed by atoms with Gasteiger partial charge in [-0.15, -0.1) is 6.58 Å². The third kappa shape index (κ3) is 6.17. The second kappa shape index (κ2) is 12.2. The van der Waals surface area contributed by atoms with Crippen molar-refractivity contribution in [2.75, 3.05) is 38.1 Å². The standard InChI is InChI=1S/C26H30N4.C6H12/c1-3-20-8-7-11-22(18-20)25-26(29-16-14-28(2)15-17-29)30-19-23(12-13-24(30)27-25)21-9-5-4-6-10-21;1-4-5-6(2)3/h5,7-13,18-19H,3-4,6,14-17H2,1-2H3;4,6H,1,5H2,2-3H3. The smallest absolute Gasteiger partial charge is 0.141 e. The maximum absolute atomic E-state index is 5.11. The molecule has 1 saturated heterocycles. The number of rotatable bonds is 6. The number of fused-ring (bicyclic) bond motifs is 1. The first-order chi connectivity index (χ1) is 17.5. The maximum Gasteiger partial charge on any atom is 0.141 e. The molecule has 0 spiro atoms. The Bertz CT molecular complexity index is 1220. The summed E-state index contributed by atoms with van der Waals surface area (Å²) in [4.78, 5) is 10.0. The van der Waals surface area contributed by atoms with E-state index in [-0.39, 0.29) is 0 Å². The number of hydrogen-bond donors (Lipinski definition) is 0. The Morgan fingerprint density at radius 2 is 1.83 bits per heavy atom. The molecule has 1 aromatic carbocycles. The lowest BCUT2D eigenvalue weighted by Gasteiger charge is -2.34. The highest BCUT2D eigenvalue weighted by molar-refractivity contribution is 5.80. The molecule has 0 N–H and O–H groups in total. The number of hydrogen-bond acceptors (Lipinski definition) is 3. The molecule has 0 unspecified atom stereocenters. The number of anilines is 1. The summed E-state index contributed by atoms with van der Waals surface area (Å²) in [5.74, 6) is 2.01. The van der Waals surface area contributed by atoms with Crippen molar-refractivity contribution in [3.05, 3.63) is 84.6 Å². The minimum Gasteiger partial charge on any atom is -0.353 e. The van der Waals surface area contributed by atoms with Gasteiger partial charge in [0.1, 0.15) is 17.2 Å². The molecule has 3 heterocycles. The molecule has 4 heteroatoms. The molecule has 3 aromatic rings. The van der Waals surface area contributed by atoms with E-state index >= 15 is 0 Å². The van der Waals surface area contributed by atoms with Crippen LogP contribution in [0, 0.1) is 5.92 Å². The predicted molar refractivity (Wildman–Crippen MR) is 156 cm³/mol. The number of allylic oxidation sites excluding steroid dienone is 5. The van der Waals surface area contributed by atoms with E-state index in [1.54, 1.807) is 0 Å². The van der Waals surface area contributed by atoms with Crippen LogP contribution in [0.2, 0.25) is 0 Å². The first kappa shape index (κ1) is 26.0. The topological polar surface area (TPSA) is 23.8 Å². The van der Waals surface area contributed by atoms with Crippen LogP contribution in [-0.4, -0.2) is 47.5 Å². The van der Waals surface area contributed by atoms with E-state index in [2.05, 4.69) is 109 Å². The van der Waals surface area contributed by atoms with Gasteiger partial charge in [-0.05, 0) is 73.5 Å². The minimum atomic E-state index is 0.780. The molecule has 36 heavy (non-hydrogen) atoms. The molecule has 0 saturated carbocycles. The fraction of sp³-hybridized carbons (Fsp3) is 0.406. The first-order valence-electron chi connectivity index (χ1n) is 13.5. The Kier molecular flexibility index (Phi) is 8.82. The van der Waals surface area contributed by atoms with Crippen LogP contribution >= 0.6 is 0 Å². The molecule has 0 amide bonds. The second-order valence-electron chi connectivity index (χ2n) is 10.3. The molecule has 2 aromatic heterocycles. The highest BCUT2D eigenvalue weighted by Crippen LogP contribution is 2.34. The van der Waals surface area contributed by atoms with Crippen molar-refractivity contribution in [3.8, 4) is 11.3 Å². The fourth-order valence-electron chi connectivity index (χ4n) is 4.82. The predicted octanol–water partition coefficient (Wildman–Crippen LogP) is 7.27. The van der Waals surface area contributed by atoms with E-state index in [9.17, 15) is 0 Å². The molecular weight excluding hydrogens is 440 g/mol. The molecule has 0 bridgehead atoms. The molecule has 1 fully saturated rings. The number of aryl methyl sites for hydroxylation is 1. The molecule has 190 valence electrons. The van der Waals surface area contributed by atoms with Crippen molar-refractivity contribution in [2.24, 2.45) is 5.92 Å². The van der Waals surface area contributed by atoms with Crippen molar-refractivity contribution in [2.45, 2.75) is 46.5 Å². The zero-order chi connectivity index (χ0) is 25.5. The summed E-state index contributed by atoms with van der Waals surface area (Å²) in [6.07, 6.45) is 15.5. The van der Waals surface area contributed by atoms with Crippen LogP contribution in [0.5, 0.6) is 0 Å². The van der Waals surface area contributed by atoms with Crippen LogP contribution < -0.4 is 4.90 Å². The van der Waals surface area contributed by atoms with Crippen molar-refractivity contribution in [3.63, 3.8) is 0 Å². The second-order valence-corrected chi connectivity index (χ2v) is 10.3. The van der Waals surface area contributed by atoms with Gasteiger partial charge >= 0.3 is 0 Å². The van der Waals surface area contributed by atoms with E-state index in [4.69, 9.17) is 4.98 Å². The van der Waals surface area contributed by atoms with Gasteiger partial charge in [0.2, 0.25) is 0 Å². The third-order valence-electron chi connectivity index (χ3n) is 6.97. The van der Waals surface area contributed by atoms with Crippen molar-refractivity contribution in [1.82, 2.24) is 14.3 Å². The number of pyridine rings is 1. The van der Waals surface area contributed by atoms with Gasteiger partial charge in [-0.2, -0.15) is 0 Å². The van der Waals surface area contributed by atoms with Gasteiger partial charge in [0.25, 0.3) is 0 Å². The monoisotopic (exact) mass is 482 g/mol. The van der Waals surface area contributed by atoms with Crippen molar-refractivity contribution < 1.29 is 0 Å². The molecular formula is C32H42N4. The molecule has 1 aliphatic carbocycles. The van der Waals surface area contributed by atoms with Crippen LogP contribution in [0.3, 0.4) is 0 Å². The SMILES string of the molecule is C=CCC(C)C.CCc1cccc(-c2nc3ccc(C4=CCCC=C4)cn3c2N2CCN(C)CC2)c1. The van der Waals surface area contributed by atoms with Gasteiger partial charge in [-0.3, -0.25) is 4.40 Å². The molecule has 1 aliphatic heterocycles. The Labute approximate surface area is 217 Å². The number of imidazole rings is 1. The average molecular weight is 483 g/mol. The quantitative estimate of drug-likeness (QED) is 0.345. The van der Waals surface area contributed by atoms with Crippen molar-refractivity contribution in [1.29, 1.82) is 0 Å². The number of benzene rings is 1. The van der Waals surface area contributed by atoms with Crippen LogP contribution in [0.4, 0.5) is 5.82 Å². The summed E-state index contributed by atoms with van der Waals surface area (Å²) in [7, 11) is 2.21. The van der Waals surface area contributed by atoms with Crippen LogP contribution in [0.15, 0.2) is 73.5 Å². The zero-order valence-electron chi connectivity index (χ0n) is 22.6. The molecule has 0 radical (unpaired) electrons. The van der Waals surface area contributed by atoms with Gasteiger partial charge in [-0.25, -0.2) is 4.98 Å². The Morgan fingerprint density at radius 1 is 1.03 bits per heavy atom. The summed E-state index contributed by atoms with van der Waals surface area (Å²) in [5.41, 5.74) is 7.26. The van der Waals surface area contributed by atoms with Gasteiger partial charge in [0, 0.05) is 37.9 Å². The first-order valence-corrected chi connectivity index (χ1v) is 13.5. The molecule has 4 nitrogen and oxygen atoms in total. The summed E-state index contributed by atoms with van der Waals surface area (Å²) >= 11 is 0. The van der Waals surface area contributed by atoms with E-state index in [1.165, 1.54) is 28.1 Å². The molecule has 5 rings (SSSR count). The van der Waals surface area contributed by atoms with E-state index in [0.29, 0.717) is 0 Å². The van der Waals surface area contributed by atoms with Gasteiger partial charge in [0.15, 0.2) is 0 Å². The fourth-order valence-corrected chi connectivity index (χ4v) is 4.82. The summed E-state index contributed by atoms with van der Waals surface area (Å²) in [5, 5.41) is 0. The summed E-state index contributed by atoms with van der Waals surface area (Å²) < 4.78 is 2.32. The van der Waals surface area contributed by atoms with Gasteiger partial charge in [0.05, 0.1) is 0 Å². The molecule has 0 atom stereocenters. The largest absolute Gasteiger partial charge is 0.353 e. The summed E-state index contributed by atoms with van der Waals surface area (Å²) in [6, 6.07) is 13.3. The highest BCUT2D eigenvalue weighted by Gasteiger charge is 2.23. The van der Waals surface area contributed by atoms with Crippen LogP contribution in [0.25, 0.3) is 22.5 Å². The normalized spacial score (nSPS) is 16.1. The maximum atomic E-state index is 5.11. The minimum absolute atomic E-state index is 0.780. The lowest BCUT2D eigenvalue weighted by molar-refractivity contribution is 0.312. The average Bonchev–Trinajstić information content (AvgIpc) is 3.29. The highest BCUT2D eigenvalue weighted by atomic mass is 15.3. The lowest BCUT2D eigenvalue weighted by atomic mass is 10.0. The Hall–Kier alpha value is -3.11. The summed E-state index contributed by atoms with van der Waals surface area (Å²) in [6.45, 7) is 14.4. The number of likely N-dealkylation sites (N-methyl/N-ethyl adjacent to an activating group) is 1. The third-order valence-corrected chi connectivity index (χ3v) is 6.97. The van der Waals surface area contributed by atoms with Gasteiger partial charge in [-0.1, -0.05) is 63.3 Å². The Balaban J connectivity index is 0.000000455. The number of piperazine rings is 1. The number of nitrogens with zero attached hydrogens (tertiary/aromatic N) is 4.